The minimum absolute atomic E-state index is 0.262. The summed E-state index contributed by atoms with van der Waals surface area (Å²) in [6, 6.07) is 20.2. The molecule has 0 N–H and O–H groups in total. The Hall–Kier alpha value is -2.87. The summed E-state index contributed by atoms with van der Waals surface area (Å²) in [5, 5.41) is 0. The number of esters is 1. The Kier molecular flexibility index (Phi) is 3.73. The van der Waals surface area contributed by atoms with Crippen LogP contribution in [0.25, 0.3) is 0 Å². The van der Waals surface area contributed by atoms with Gasteiger partial charge in [-0.1, -0.05) is 54.6 Å². The van der Waals surface area contributed by atoms with Gasteiger partial charge in [-0.15, -0.1) is 0 Å². The number of fused-ring (bicyclic) bond motifs is 1. The largest absolute Gasteiger partial charge is 0.441 e. The number of carbonyl (C=O) groups is 1. The normalized spacial score (nSPS) is 14.8. The van der Waals surface area contributed by atoms with Crippen LogP contribution in [0.2, 0.25) is 0 Å². The Morgan fingerprint density at radius 1 is 0.654 bits per heavy atom. The van der Waals surface area contributed by atoms with Crippen molar-refractivity contribution in [2.75, 3.05) is 0 Å². The molecule has 2 nitrogen and oxygen atoms in total. The third kappa shape index (κ3) is 2.15. The standard InChI is InChI=1S/C24H22O2/c1-15-9-7-13-20(17(15)3)24(21-14-8-10-16(2)18(21)4)22-12-6-5-11-19(22)23(25)26-24/h5-14H,1-4H3. The predicted octanol–water partition coefficient (Wildman–Crippen LogP) is 5.38. The first-order chi connectivity index (χ1) is 12.5. The van der Waals surface area contributed by atoms with Crippen molar-refractivity contribution in [3.05, 3.63) is 105 Å². The number of hydrogen-bond donors (Lipinski definition) is 0. The van der Waals surface area contributed by atoms with Gasteiger partial charge in [0.2, 0.25) is 0 Å². The highest BCUT2D eigenvalue weighted by Crippen LogP contribution is 2.49. The lowest BCUT2D eigenvalue weighted by Crippen LogP contribution is -2.31. The lowest BCUT2D eigenvalue weighted by molar-refractivity contribution is 0.0248. The van der Waals surface area contributed by atoms with E-state index >= 15 is 0 Å². The number of carbonyl (C=O) groups excluding carboxylic acids is 1. The molecule has 1 heterocycles. The summed E-state index contributed by atoms with van der Waals surface area (Å²) in [5.74, 6) is -0.262. The van der Waals surface area contributed by atoms with Crippen LogP contribution in [0.1, 0.15) is 49.3 Å². The SMILES string of the molecule is Cc1cccc(C2(c3cccc(C)c3C)OC(=O)c3ccccc32)c1C. The van der Waals surface area contributed by atoms with Crippen molar-refractivity contribution in [2.45, 2.75) is 33.3 Å². The van der Waals surface area contributed by atoms with Crippen LogP contribution >= 0.6 is 0 Å². The highest BCUT2D eigenvalue weighted by molar-refractivity contribution is 5.96. The van der Waals surface area contributed by atoms with Crippen molar-refractivity contribution in [2.24, 2.45) is 0 Å². The molecule has 1 aliphatic heterocycles. The van der Waals surface area contributed by atoms with Crippen LogP contribution in [-0.2, 0) is 10.3 Å². The predicted molar refractivity (Wildman–Crippen MR) is 104 cm³/mol. The van der Waals surface area contributed by atoms with E-state index < -0.39 is 5.60 Å². The number of cyclic esters (lactones) is 1. The van der Waals surface area contributed by atoms with E-state index in [0.29, 0.717) is 5.56 Å². The molecule has 0 radical (unpaired) electrons. The molecular formula is C24H22O2. The van der Waals surface area contributed by atoms with Crippen LogP contribution in [0.4, 0.5) is 0 Å². The van der Waals surface area contributed by atoms with E-state index in [9.17, 15) is 4.79 Å². The maximum atomic E-state index is 12.8. The maximum Gasteiger partial charge on any atom is 0.340 e. The van der Waals surface area contributed by atoms with Gasteiger partial charge in [0.25, 0.3) is 0 Å². The van der Waals surface area contributed by atoms with Gasteiger partial charge >= 0.3 is 5.97 Å². The van der Waals surface area contributed by atoms with Gasteiger partial charge in [-0.25, -0.2) is 4.79 Å². The van der Waals surface area contributed by atoms with Crippen LogP contribution in [-0.4, -0.2) is 5.97 Å². The molecule has 0 amide bonds. The van der Waals surface area contributed by atoms with E-state index in [1.54, 1.807) is 0 Å². The first-order valence-electron chi connectivity index (χ1n) is 8.93. The molecule has 3 aromatic rings. The molecule has 4 rings (SSSR count). The topological polar surface area (TPSA) is 26.3 Å². The van der Waals surface area contributed by atoms with Crippen LogP contribution < -0.4 is 0 Å². The fourth-order valence-electron chi connectivity index (χ4n) is 4.03. The number of benzene rings is 3. The number of aryl methyl sites for hydroxylation is 2. The van der Waals surface area contributed by atoms with Gasteiger partial charge in [0.1, 0.15) is 0 Å². The van der Waals surface area contributed by atoms with E-state index in [1.165, 1.54) is 11.1 Å². The molecule has 0 atom stereocenters. The third-order valence-electron chi connectivity index (χ3n) is 5.74. The summed E-state index contributed by atoms with van der Waals surface area (Å²) >= 11 is 0. The highest BCUT2D eigenvalue weighted by Gasteiger charge is 2.49. The zero-order valence-corrected chi connectivity index (χ0v) is 15.6. The first-order valence-corrected chi connectivity index (χ1v) is 8.93. The first kappa shape index (κ1) is 16.6. The maximum absolute atomic E-state index is 12.8. The molecule has 1 aliphatic rings. The van der Waals surface area contributed by atoms with Gasteiger partial charge in [0.15, 0.2) is 5.60 Å². The zero-order chi connectivity index (χ0) is 18.5. The molecule has 0 spiro atoms. The van der Waals surface area contributed by atoms with E-state index in [-0.39, 0.29) is 5.97 Å². The third-order valence-corrected chi connectivity index (χ3v) is 5.74. The van der Waals surface area contributed by atoms with Crippen molar-refractivity contribution in [3.63, 3.8) is 0 Å². The fourth-order valence-corrected chi connectivity index (χ4v) is 4.03. The Morgan fingerprint density at radius 2 is 1.15 bits per heavy atom. The van der Waals surface area contributed by atoms with E-state index in [4.69, 9.17) is 4.74 Å². The zero-order valence-electron chi connectivity index (χ0n) is 15.6. The monoisotopic (exact) mass is 342 g/mol. The highest BCUT2D eigenvalue weighted by atomic mass is 16.6. The molecule has 2 heteroatoms. The van der Waals surface area contributed by atoms with Crippen LogP contribution in [0.5, 0.6) is 0 Å². The van der Waals surface area contributed by atoms with Crippen LogP contribution in [0.15, 0.2) is 60.7 Å². The molecule has 0 fully saturated rings. The Morgan fingerprint density at radius 3 is 1.73 bits per heavy atom. The second-order valence-corrected chi connectivity index (χ2v) is 7.11. The van der Waals surface area contributed by atoms with Gasteiger partial charge in [-0.2, -0.15) is 0 Å². The lowest BCUT2D eigenvalue weighted by Gasteiger charge is -2.33. The smallest absolute Gasteiger partial charge is 0.340 e. The second-order valence-electron chi connectivity index (χ2n) is 7.11. The molecule has 0 aliphatic carbocycles. The molecule has 130 valence electrons. The summed E-state index contributed by atoms with van der Waals surface area (Å²) < 4.78 is 6.22. The van der Waals surface area contributed by atoms with Gasteiger partial charge in [-0.05, 0) is 56.0 Å². The second kappa shape index (κ2) is 5.84. The fraction of sp³-hybridized carbons (Fsp3) is 0.208. The Labute approximate surface area is 154 Å². The average Bonchev–Trinajstić information content (AvgIpc) is 2.94. The number of ether oxygens (including phenoxy) is 1. The molecule has 26 heavy (non-hydrogen) atoms. The molecule has 0 aromatic heterocycles. The van der Waals surface area contributed by atoms with Gasteiger partial charge in [0.05, 0.1) is 5.56 Å². The van der Waals surface area contributed by atoms with Gasteiger partial charge < -0.3 is 4.74 Å². The number of rotatable bonds is 2. The van der Waals surface area contributed by atoms with Crippen molar-refractivity contribution in [3.8, 4) is 0 Å². The van der Waals surface area contributed by atoms with Crippen molar-refractivity contribution in [1.29, 1.82) is 0 Å². The van der Waals surface area contributed by atoms with Gasteiger partial charge in [0, 0.05) is 16.7 Å². The molecule has 0 saturated heterocycles. The number of hydrogen-bond acceptors (Lipinski definition) is 2. The van der Waals surface area contributed by atoms with E-state index in [0.717, 1.165) is 27.8 Å². The van der Waals surface area contributed by atoms with E-state index in [1.807, 2.05) is 36.4 Å². The van der Waals surface area contributed by atoms with Crippen molar-refractivity contribution in [1.82, 2.24) is 0 Å². The summed E-state index contributed by atoms with van der Waals surface area (Å²) in [4.78, 5) is 12.8. The summed E-state index contributed by atoms with van der Waals surface area (Å²) in [6.45, 7) is 8.40. The Bertz CT molecular complexity index is 979. The average molecular weight is 342 g/mol. The molecule has 0 unspecified atom stereocenters. The molecular weight excluding hydrogens is 320 g/mol. The van der Waals surface area contributed by atoms with Crippen LogP contribution in [0.3, 0.4) is 0 Å². The molecule has 3 aromatic carbocycles. The van der Waals surface area contributed by atoms with E-state index in [2.05, 4.69) is 52.0 Å². The molecule has 0 saturated carbocycles. The molecule has 0 bridgehead atoms. The quantitative estimate of drug-likeness (QED) is 0.584. The summed E-state index contributed by atoms with van der Waals surface area (Å²) in [5.41, 5.74) is 7.41. The van der Waals surface area contributed by atoms with Crippen LogP contribution in [0, 0.1) is 27.7 Å². The summed E-state index contributed by atoms with van der Waals surface area (Å²) in [6.07, 6.45) is 0. The minimum atomic E-state index is -0.903. The summed E-state index contributed by atoms with van der Waals surface area (Å²) in [7, 11) is 0. The van der Waals surface area contributed by atoms with Crippen molar-refractivity contribution < 1.29 is 9.53 Å². The lowest BCUT2D eigenvalue weighted by atomic mass is 9.75. The Balaban J connectivity index is 2.16. The van der Waals surface area contributed by atoms with Crippen molar-refractivity contribution >= 4 is 5.97 Å². The minimum Gasteiger partial charge on any atom is -0.441 e. The van der Waals surface area contributed by atoms with Gasteiger partial charge in [-0.3, -0.25) is 0 Å².